The molecule has 0 fully saturated rings. The lowest BCUT2D eigenvalue weighted by molar-refractivity contribution is 0.335. The number of nitrogens with two attached hydrogens (primary N) is 1. The lowest BCUT2D eigenvalue weighted by Gasteiger charge is -2.18. The number of rotatable bonds is 6. The Morgan fingerprint density at radius 2 is 2.10 bits per heavy atom. The van der Waals surface area contributed by atoms with Crippen molar-refractivity contribution < 1.29 is 4.74 Å². The zero-order valence-electron chi connectivity index (χ0n) is 11.8. The van der Waals surface area contributed by atoms with E-state index >= 15 is 0 Å². The van der Waals surface area contributed by atoms with Crippen LogP contribution >= 0.6 is 11.6 Å². The second-order valence-corrected chi connectivity index (χ2v) is 4.96. The molecule has 2 rings (SSSR count). The smallest absolute Gasteiger partial charge is 0.124 e. The molecule has 0 aliphatic rings. The van der Waals surface area contributed by atoms with Gasteiger partial charge in [0.05, 0.1) is 29.6 Å². The third-order valence-electron chi connectivity index (χ3n) is 3.12. The van der Waals surface area contributed by atoms with Crippen LogP contribution < -0.4 is 10.5 Å². The summed E-state index contributed by atoms with van der Waals surface area (Å²) in [6, 6.07) is 7.43. The molecule has 0 aliphatic heterocycles. The standard InChI is InChI=1S/C15H20ClN3O/c1-3-9-19-15(12(16)10-18-19)14(17)11-7-5-6-8-13(11)20-4-2/h5-8,10,14H,3-4,9,17H2,1-2H3. The van der Waals surface area contributed by atoms with E-state index in [0.717, 1.165) is 30.0 Å². The maximum atomic E-state index is 6.40. The molecule has 0 amide bonds. The zero-order chi connectivity index (χ0) is 14.5. The van der Waals surface area contributed by atoms with Gasteiger partial charge >= 0.3 is 0 Å². The van der Waals surface area contributed by atoms with Crippen molar-refractivity contribution in [1.29, 1.82) is 0 Å². The Labute approximate surface area is 124 Å². The molecule has 1 aromatic heterocycles. The van der Waals surface area contributed by atoms with Crippen molar-refractivity contribution in [3.8, 4) is 5.75 Å². The Bertz CT molecular complexity index is 568. The van der Waals surface area contributed by atoms with Gasteiger partial charge in [-0.3, -0.25) is 4.68 Å². The molecule has 0 bridgehead atoms. The van der Waals surface area contributed by atoms with Gasteiger partial charge in [0.1, 0.15) is 5.75 Å². The maximum absolute atomic E-state index is 6.40. The predicted molar refractivity (Wildman–Crippen MR) is 81.2 cm³/mol. The first-order chi connectivity index (χ1) is 9.69. The third kappa shape index (κ3) is 2.97. The average molecular weight is 294 g/mol. The van der Waals surface area contributed by atoms with E-state index in [4.69, 9.17) is 22.1 Å². The molecule has 20 heavy (non-hydrogen) atoms. The highest BCUT2D eigenvalue weighted by atomic mass is 35.5. The summed E-state index contributed by atoms with van der Waals surface area (Å²) in [5.74, 6) is 0.794. The van der Waals surface area contributed by atoms with E-state index in [9.17, 15) is 0 Å². The van der Waals surface area contributed by atoms with Crippen LogP contribution in [0.1, 0.15) is 37.6 Å². The van der Waals surface area contributed by atoms with Gasteiger partial charge in [0.25, 0.3) is 0 Å². The van der Waals surface area contributed by atoms with Gasteiger partial charge in [0.2, 0.25) is 0 Å². The minimum absolute atomic E-state index is 0.348. The minimum Gasteiger partial charge on any atom is -0.494 e. The Hall–Kier alpha value is -1.52. The number of halogens is 1. The molecule has 0 aliphatic carbocycles. The highest BCUT2D eigenvalue weighted by Gasteiger charge is 2.21. The molecule has 2 aromatic rings. The lowest BCUT2D eigenvalue weighted by atomic mass is 10.0. The van der Waals surface area contributed by atoms with E-state index in [0.29, 0.717) is 11.6 Å². The predicted octanol–water partition coefficient (Wildman–Crippen LogP) is 3.39. The molecule has 108 valence electrons. The topological polar surface area (TPSA) is 53.1 Å². The normalized spacial score (nSPS) is 12.4. The molecule has 0 radical (unpaired) electrons. The van der Waals surface area contributed by atoms with Crippen LogP contribution in [0.15, 0.2) is 30.5 Å². The van der Waals surface area contributed by atoms with Crippen molar-refractivity contribution in [1.82, 2.24) is 9.78 Å². The Morgan fingerprint density at radius 3 is 2.80 bits per heavy atom. The number of ether oxygens (including phenoxy) is 1. The van der Waals surface area contributed by atoms with Crippen molar-refractivity contribution in [3.63, 3.8) is 0 Å². The number of hydrogen-bond donors (Lipinski definition) is 1. The van der Waals surface area contributed by atoms with Crippen LogP contribution in [-0.2, 0) is 6.54 Å². The number of aryl methyl sites for hydroxylation is 1. The van der Waals surface area contributed by atoms with E-state index in [2.05, 4.69) is 12.0 Å². The average Bonchev–Trinajstić information content (AvgIpc) is 2.81. The molecule has 1 unspecified atom stereocenters. The van der Waals surface area contributed by atoms with Gasteiger partial charge in [-0.2, -0.15) is 5.10 Å². The Balaban J connectivity index is 2.41. The van der Waals surface area contributed by atoms with E-state index in [-0.39, 0.29) is 6.04 Å². The molecule has 0 saturated heterocycles. The molecule has 1 atom stereocenters. The highest BCUT2D eigenvalue weighted by molar-refractivity contribution is 6.31. The number of benzene rings is 1. The van der Waals surface area contributed by atoms with Crippen molar-refractivity contribution >= 4 is 11.6 Å². The number of aromatic nitrogens is 2. The molecule has 5 heteroatoms. The first-order valence-corrected chi connectivity index (χ1v) is 7.25. The van der Waals surface area contributed by atoms with Crippen LogP contribution in [0, 0.1) is 0 Å². The summed E-state index contributed by atoms with van der Waals surface area (Å²) < 4.78 is 7.51. The zero-order valence-corrected chi connectivity index (χ0v) is 12.6. The van der Waals surface area contributed by atoms with E-state index in [1.165, 1.54) is 0 Å². The van der Waals surface area contributed by atoms with Crippen LogP contribution in [0.2, 0.25) is 5.02 Å². The summed E-state index contributed by atoms with van der Waals surface area (Å²) in [6.45, 7) is 5.45. The second-order valence-electron chi connectivity index (χ2n) is 4.55. The minimum atomic E-state index is -0.348. The van der Waals surface area contributed by atoms with Crippen LogP contribution in [0.4, 0.5) is 0 Å². The summed E-state index contributed by atoms with van der Waals surface area (Å²) in [5, 5.41) is 4.89. The Kier molecular flexibility index (Phi) is 5.04. The molecular weight excluding hydrogens is 274 g/mol. The first kappa shape index (κ1) is 14.9. The fraction of sp³-hybridized carbons (Fsp3) is 0.400. The SMILES string of the molecule is CCCn1ncc(Cl)c1C(N)c1ccccc1OCC. The van der Waals surface area contributed by atoms with Crippen LogP contribution in [0.25, 0.3) is 0 Å². The van der Waals surface area contributed by atoms with Crippen molar-refractivity contribution in [2.75, 3.05) is 6.61 Å². The van der Waals surface area contributed by atoms with Gasteiger partial charge in [-0.25, -0.2) is 0 Å². The molecule has 0 spiro atoms. The van der Waals surface area contributed by atoms with Gasteiger partial charge in [-0.15, -0.1) is 0 Å². The first-order valence-electron chi connectivity index (χ1n) is 6.87. The quantitative estimate of drug-likeness (QED) is 0.888. The van der Waals surface area contributed by atoms with Crippen LogP contribution in [-0.4, -0.2) is 16.4 Å². The van der Waals surface area contributed by atoms with Crippen LogP contribution in [0.3, 0.4) is 0 Å². The van der Waals surface area contributed by atoms with E-state index < -0.39 is 0 Å². The fourth-order valence-electron chi connectivity index (χ4n) is 2.24. The molecule has 0 saturated carbocycles. The van der Waals surface area contributed by atoms with Gasteiger partial charge < -0.3 is 10.5 Å². The maximum Gasteiger partial charge on any atom is 0.124 e. The molecule has 1 heterocycles. The number of nitrogens with zero attached hydrogens (tertiary/aromatic N) is 2. The van der Waals surface area contributed by atoms with E-state index in [1.807, 2.05) is 35.9 Å². The monoisotopic (exact) mass is 293 g/mol. The third-order valence-corrected chi connectivity index (χ3v) is 3.41. The highest BCUT2D eigenvalue weighted by Crippen LogP contribution is 2.32. The largest absolute Gasteiger partial charge is 0.494 e. The second kappa shape index (κ2) is 6.77. The summed E-state index contributed by atoms with van der Waals surface area (Å²) in [4.78, 5) is 0. The summed E-state index contributed by atoms with van der Waals surface area (Å²) >= 11 is 6.25. The summed E-state index contributed by atoms with van der Waals surface area (Å²) in [5.41, 5.74) is 8.16. The summed E-state index contributed by atoms with van der Waals surface area (Å²) in [6.07, 6.45) is 2.63. The Morgan fingerprint density at radius 1 is 1.35 bits per heavy atom. The van der Waals surface area contributed by atoms with Gasteiger partial charge in [-0.1, -0.05) is 36.7 Å². The van der Waals surface area contributed by atoms with Crippen molar-refractivity contribution in [2.45, 2.75) is 32.9 Å². The molecule has 2 N–H and O–H groups in total. The van der Waals surface area contributed by atoms with Gasteiger partial charge in [0.15, 0.2) is 0 Å². The van der Waals surface area contributed by atoms with E-state index in [1.54, 1.807) is 6.20 Å². The molecular formula is C15H20ClN3O. The van der Waals surface area contributed by atoms with Gasteiger partial charge in [-0.05, 0) is 19.4 Å². The van der Waals surface area contributed by atoms with Gasteiger partial charge in [0, 0.05) is 12.1 Å². The molecule has 1 aromatic carbocycles. The lowest BCUT2D eigenvalue weighted by Crippen LogP contribution is -2.19. The molecule has 4 nitrogen and oxygen atoms in total. The summed E-state index contributed by atoms with van der Waals surface area (Å²) in [7, 11) is 0. The van der Waals surface area contributed by atoms with Crippen LogP contribution in [0.5, 0.6) is 5.75 Å². The number of para-hydroxylation sites is 1. The van der Waals surface area contributed by atoms with Crippen molar-refractivity contribution in [3.05, 3.63) is 46.7 Å². The fourth-order valence-corrected chi connectivity index (χ4v) is 2.50. The number of hydrogen-bond acceptors (Lipinski definition) is 3. The van der Waals surface area contributed by atoms with Crippen molar-refractivity contribution in [2.24, 2.45) is 5.73 Å².